The second-order valence-electron chi connectivity index (χ2n) is 6.29. The molecule has 16 heavy (non-hydrogen) atoms. The maximum Gasteiger partial charge on any atom is 0.317 e. The average Bonchev–Trinajstić information content (AvgIpc) is 2.15. The maximum atomic E-state index is 10.6. The number of hydrogen-bond acceptors (Lipinski definition) is 2. The molecule has 1 unspecified atom stereocenters. The van der Waals surface area contributed by atoms with Crippen LogP contribution in [0.3, 0.4) is 0 Å². The van der Waals surface area contributed by atoms with Gasteiger partial charge in [-0.15, -0.1) is 0 Å². The van der Waals surface area contributed by atoms with E-state index in [0.29, 0.717) is 11.3 Å². The molecule has 0 aliphatic heterocycles. The molecular weight excluding hydrogens is 202 g/mol. The van der Waals surface area contributed by atoms with Gasteiger partial charge in [-0.25, -0.2) is 0 Å². The van der Waals surface area contributed by atoms with Crippen molar-refractivity contribution >= 4 is 5.97 Å². The van der Waals surface area contributed by atoms with Crippen molar-refractivity contribution in [3.63, 3.8) is 0 Å². The van der Waals surface area contributed by atoms with Gasteiger partial charge in [0.05, 0.1) is 6.54 Å². The number of aliphatic carboxylic acids is 1. The average molecular weight is 225 g/mol. The smallest absolute Gasteiger partial charge is 0.317 e. The second kappa shape index (κ2) is 4.02. The Balaban J connectivity index is 1.88. The lowest BCUT2D eigenvalue weighted by Gasteiger charge is -2.60. The Hall–Kier alpha value is -0.570. The van der Waals surface area contributed by atoms with Gasteiger partial charge in [0.25, 0.3) is 0 Å². The topological polar surface area (TPSA) is 40.5 Å². The Labute approximate surface area is 97.8 Å². The van der Waals surface area contributed by atoms with Crippen LogP contribution in [-0.2, 0) is 4.79 Å². The molecule has 92 valence electrons. The summed E-state index contributed by atoms with van der Waals surface area (Å²) >= 11 is 0. The van der Waals surface area contributed by atoms with Crippen molar-refractivity contribution < 1.29 is 9.90 Å². The van der Waals surface area contributed by atoms with Gasteiger partial charge in [-0.05, 0) is 49.5 Å². The normalized spacial score (nSPS) is 35.9. The van der Waals surface area contributed by atoms with E-state index in [4.69, 9.17) is 5.11 Å². The highest BCUT2D eigenvalue weighted by Crippen LogP contribution is 2.61. The summed E-state index contributed by atoms with van der Waals surface area (Å²) in [5.74, 6) is 1.74. The van der Waals surface area contributed by atoms with Gasteiger partial charge in [-0.3, -0.25) is 9.69 Å². The van der Waals surface area contributed by atoms with Gasteiger partial charge in [0.2, 0.25) is 0 Å². The summed E-state index contributed by atoms with van der Waals surface area (Å²) in [6, 6.07) is 0. The van der Waals surface area contributed by atoms with Gasteiger partial charge < -0.3 is 5.11 Å². The summed E-state index contributed by atoms with van der Waals surface area (Å²) in [5.41, 5.74) is 0.507. The SMILES string of the molecule is CN(CC(=O)O)C[C@H]1CC[C@@H]2CC1C2(C)C. The van der Waals surface area contributed by atoms with E-state index < -0.39 is 5.97 Å². The molecule has 0 aromatic rings. The number of rotatable bonds is 4. The molecule has 0 amide bonds. The standard InChI is InChI=1S/C13H23NO2/c1-13(2)10-5-4-9(11(13)6-10)7-14(3)8-12(15)16/h9-11H,4-8H2,1-3H3,(H,15,16)/t9-,10-,11?/m1/s1. The number of fused-ring (bicyclic) bond motifs is 2. The summed E-state index contributed by atoms with van der Waals surface area (Å²) in [4.78, 5) is 12.6. The first kappa shape index (κ1) is 11.9. The van der Waals surface area contributed by atoms with Crippen LogP contribution in [0.15, 0.2) is 0 Å². The van der Waals surface area contributed by atoms with E-state index in [-0.39, 0.29) is 6.54 Å². The molecule has 0 aromatic carbocycles. The monoisotopic (exact) mass is 225 g/mol. The Morgan fingerprint density at radius 1 is 1.44 bits per heavy atom. The zero-order valence-electron chi connectivity index (χ0n) is 10.6. The summed E-state index contributed by atoms with van der Waals surface area (Å²) in [6.45, 7) is 5.89. The number of hydrogen-bond donors (Lipinski definition) is 1. The van der Waals surface area contributed by atoms with Crippen LogP contribution in [0.25, 0.3) is 0 Å². The molecule has 3 nitrogen and oxygen atoms in total. The molecule has 2 bridgehead atoms. The Morgan fingerprint density at radius 2 is 2.12 bits per heavy atom. The summed E-state index contributed by atoms with van der Waals surface area (Å²) < 4.78 is 0. The largest absolute Gasteiger partial charge is 0.480 e. The third-order valence-electron chi connectivity index (χ3n) is 4.95. The summed E-state index contributed by atoms with van der Waals surface area (Å²) in [6.07, 6.45) is 4.01. The lowest BCUT2D eigenvalue weighted by molar-refractivity contribution is -0.139. The van der Waals surface area contributed by atoms with Crippen LogP contribution in [0, 0.1) is 23.2 Å². The third kappa shape index (κ3) is 1.97. The van der Waals surface area contributed by atoms with Crippen LogP contribution < -0.4 is 0 Å². The van der Waals surface area contributed by atoms with Crippen LogP contribution >= 0.6 is 0 Å². The predicted octanol–water partition coefficient (Wildman–Crippen LogP) is 2.08. The Kier molecular flexibility index (Phi) is 2.99. The quantitative estimate of drug-likeness (QED) is 0.796. The molecule has 3 heteroatoms. The molecule has 0 heterocycles. The summed E-state index contributed by atoms with van der Waals surface area (Å²) in [5, 5.41) is 8.75. The molecular formula is C13H23NO2. The minimum Gasteiger partial charge on any atom is -0.480 e. The number of carboxylic acid groups (broad SMARTS) is 1. The fourth-order valence-corrected chi connectivity index (χ4v) is 3.88. The molecule has 3 atom stereocenters. The van der Waals surface area contributed by atoms with Gasteiger partial charge in [0, 0.05) is 6.54 Å². The minimum absolute atomic E-state index is 0.174. The van der Waals surface area contributed by atoms with Crippen LogP contribution in [0.1, 0.15) is 33.1 Å². The van der Waals surface area contributed by atoms with Crippen molar-refractivity contribution in [2.45, 2.75) is 33.1 Å². The van der Waals surface area contributed by atoms with Crippen molar-refractivity contribution in [2.75, 3.05) is 20.1 Å². The van der Waals surface area contributed by atoms with E-state index in [1.54, 1.807) is 0 Å². The molecule has 3 aliphatic rings. The second-order valence-corrected chi connectivity index (χ2v) is 6.29. The number of carbonyl (C=O) groups is 1. The molecule has 0 saturated heterocycles. The van der Waals surface area contributed by atoms with Gasteiger partial charge in [0.15, 0.2) is 0 Å². The lowest BCUT2D eigenvalue weighted by Crippen LogP contribution is -2.54. The Morgan fingerprint density at radius 3 is 2.62 bits per heavy atom. The number of nitrogens with zero attached hydrogens (tertiary/aromatic N) is 1. The highest BCUT2D eigenvalue weighted by atomic mass is 16.4. The number of likely N-dealkylation sites (N-methyl/N-ethyl adjacent to an activating group) is 1. The van der Waals surface area contributed by atoms with E-state index in [1.807, 2.05) is 11.9 Å². The molecule has 3 fully saturated rings. The van der Waals surface area contributed by atoms with Gasteiger partial charge in [-0.2, -0.15) is 0 Å². The zero-order chi connectivity index (χ0) is 11.9. The van der Waals surface area contributed by atoms with Crippen molar-refractivity contribution in [3.05, 3.63) is 0 Å². The van der Waals surface area contributed by atoms with Gasteiger partial charge in [-0.1, -0.05) is 13.8 Å². The molecule has 1 N–H and O–H groups in total. The van der Waals surface area contributed by atoms with E-state index in [2.05, 4.69) is 13.8 Å². The molecule has 0 aromatic heterocycles. The van der Waals surface area contributed by atoms with Crippen molar-refractivity contribution in [1.82, 2.24) is 4.90 Å². The van der Waals surface area contributed by atoms with E-state index in [9.17, 15) is 4.79 Å². The third-order valence-corrected chi connectivity index (χ3v) is 4.95. The highest BCUT2D eigenvalue weighted by molar-refractivity contribution is 5.68. The van der Waals surface area contributed by atoms with Crippen LogP contribution in [0.5, 0.6) is 0 Å². The first-order valence-electron chi connectivity index (χ1n) is 6.31. The fourth-order valence-electron chi connectivity index (χ4n) is 3.88. The molecule has 3 aliphatic carbocycles. The predicted molar refractivity (Wildman–Crippen MR) is 63.2 cm³/mol. The molecule has 0 spiro atoms. The van der Waals surface area contributed by atoms with Gasteiger partial charge >= 0.3 is 5.97 Å². The van der Waals surface area contributed by atoms with E-state index >= 15 is 0 Å². The van der Waals surface area contributed by atoms with Crippen LogP contribution in [0.2, 0.25) is 0 Å². The van der Waals surface area contributed by atoms with Crippen molar-refractivity contribution in [2.24, 2.45) is 23.2 Å². The van der Waals surface area contributed by atoms with Crippen LogP contribution in [0.4, 0.5) is 0 Å². The first-order chi connectivity index (χ1) is 7.41. The molecule has 3 saturated carbocycles. The number of carboxylic acids is 1. The minimum atomic E-state index is -0.718. The molecule has 0 radical (unpaired) electrons. The first-order valence-corrected chi connectivity index (χ1v) is 6.31. The summed E-state index contributed by atoms with van der Waals surface area (Å²) in [7, 11) is 1.92. The van der Waals surface area contributed by atoms with Gasteiger partial charge in [0.1, 0.15) is 0 Å². The lowest BCUT2D eigenvalue weighted by atomic mass is 9.45. The van der Waals surface area contributed by atoms with Crippen molar-refractivity contribution in [3.8, 4) is 0 Å². The zero-order valence-corrected chi connectivity index (χ0v) is 10.6. The molecule has 3 rings (SSSR count). The fraction of sp³-hybridized carbons (Fsp3) is 0.923. The maximum absolute atomic E-state index is 10.6. The van der Waals surface area contributed by atoms with Crippen molar-refractivity contribution in [1.29, 1.82) is 0 Å². The highest BCUT2D eigenvalue weighted by Gasteiger charge is 2.54. The van der Waals surface area contributed by atoms with Crippen LogP contribution in [-0.4, -0.2) is 36.1 Å². The van der Waals surface area contributed by atoms with E-state index in [1.165, 1.54) is 19.3 Å². The van der Waals surface area contributed by atoms with E-state index in [0.717, 1.165) is 18.4 Å². The Bertz CT molecular complexity index is 286.